The van der Waals surface area contributed by atoms with Gasteiger partial charge in [-0.2, -0.15) is 5.26 Å². The second-order valence-corrected chi connectivity index (χ2v) is 4.17. The maximum atomic E-state index is 11.7. The van der Waals surface area contributed by atoms with Crippen LogP contribution >= 0.6 is 11.6 Å². The Morgan fingerprint density at radius 1 is 1.67 bits per heavy atom. The fraction of sp³-hybridized carbons (Fsp3) is 0.417. The molecule has 1 atom stereocenters. The van der Waals surface area contributed by atoms with E-state index in [1.807, 2.05) is 13.0 Å². The van der Waals surface area contributed by atoms with Crippen molar-refractivity contribution in [2.24, 2.45) is 0 Å². The van der Waals surface area contributed by atoms with Crippen LogP contribution in [0.5, 0.6) is 0 Å². The number of hydrogen-bond donors (Lipinski definition) is 2. The first-order chi connectivity index (χ1) is 8.60. The van der Waals surface area contributed by atoms with Crippen LogP contribution in [0.4, 0.5) is 5.82 Å². The fourth-order valence-electron chi connectivity index (χ4n) is 1.30. The molecule has 0 saturated carbocycles. The maximum Gasteiger partial charge on any atom is 0.242 e. The molecule has 18 heavy (non-hydrogen) atoms. The molecule has 0 aliphatic heterocycles. The Morgan fingerprint density at radius 2 is 2.39 bits per heavy atom. The van der Waals surface area contributed by atoms with Crippen molar-refractivity contribution in [1.82, 2.24) is 10.3 Å². The average molecular weight is 267 g/mol. The summed E-state index contributed by atoms with van der Waals surface area (Å²) in [5.74, 6) is 0.215. The van der Waals surface area contributed by atoms with Crippen LogP contribution in [0.15, 0.2) is 12.3 Å². The molecule has 1 aromatic rings. The second kappa shape index (κ2) is 6.82. The largest absolute Gasteiger partial charge is 0.357 e. The van der Waals surface area contributed by atoms with E-state index in [-0.39, 0.29) is 10.9 Å². The quantitative estimate of drug-likeness (QED) is 0.854. The van der Waals surface area contributed by atoms with Gasteiger partial charge < -0.3 is 10.6 Å². The number of carbonyl (C=O) groups is 1. The van der Waals surface area contributed by atoms with Crippen LogP contribution in [-0.4, -0.2) is 23.5 Å². The predicted octanol–water partition coefficient (Wildman–Crippen LogP) is 1.93. The number of anilines is 1. The molecule has 0 spiro atoms. The van der Waals surface area contributed by atoms with Gasteiger partial charge in [-0.3, -0.25) is 4.79 Å². The van der Waals surface area contributed by atoms with Crippen LogP contribution in [0.3, 0.4) is 0 Å². The molecule has 0 fully saturated rings. The van der Waals surface area contributed by atoms with Crippen LogP contribution in [0.1, 0.15) is 25.8 Å². The summed E-state index contributed by atoms with van der Waals surface area (Å²) in [6, 6.07) is 3.02. The molecule has 0 saturated heterocycles. The third-order valence-corrected chi connectivity index (χ3v) is 2.69. The molecule has 0 radical (unpaired) electrons. The molecule has 0 aromatic carbocycles. The summed E-state index contributed by atoms with van der Waals surface area (Å²) < 4.78 is 0. The number of aromatic nitrogens is 1. The van der Waals surface area contributed by atoms with Crippen molar-refractivity contribution >= 4 is 23.3 Å². The lowest BCUT2D eigenvalue weighted by Gasteiger charge is -2.15. The predicted molar refractivity (Wildman–Crippen MR) is 70.3 cm³/mol. The molecule has 1 heterocycles. The lowest BCUT2D eigenvalue weighted by molar-refractivity contribution is -0.121. The minimum absolute atomic E-state index is 0.128. The van der Waals surface area contributed by atoms with Crippen molar-refractivity contribution in [2.75, 3.05) is 11.9 Å². The summed E-state index contributed by atoms with van der Waals surface area (Å²) in [4.78, 5) is 15.7. The van der Waals surface area contributed by atoms with E-state index in [2.05, 4.69) is 15.6 Å². The van der Waals surface area contributed by atoms with Crippen LogP contribution in [-0.2, 0) is 4.79 Å². The van der Waals surface area contributed by atoms with Gasteiger partial charge in [-0.25, -0.2) is 4.98 Å². The van der Waals surface area contributed by atoms with Gasteiger partial charge in [0, 0.05) is 12.7 Å². The zero-order valence-corrected chi connectivity index (χ0v) is 11.1. The first kappa shape index (κ1) is 14.3. The van der Waals surface area contributed by atoms with Crippen molar-refractivity contribution in [2.45, 2.75) is 26.3 Å². The molecule has 1 rings (SSSR count). The van der Waals surface area contributed by atoms with E-state index in [9.17, 15) is 4.79 Å². The topological polar surface area (TPSA) is 77.8 Å². The highest BCUT2D eigenvalue weighted by atomic mass is 35.5. The number of nitrogens with one attached hydrogen (secondary N) is 2. The summed E-state index contributed by atoms with van der Waals surface area (Å²) in [5, 5.41) is 14.7. The van der Waals surface area contributed by atoms with Gasteiger partial charge in [-0.1, -0.05) is 18.5 Å². The number of amides is 1. The summed E-state index contributed by atoms with van der Waals surface area (Å²) in [6.07, 6.45) is 2.35. The standard InChI is InChI=1S/C12H15ClN4O/c1-3-5-16-12(18)8(2)17-11-10(13)9(7-14)4-6-15-11/h4,6,8H,3,5H2,1-2H3,(H,15,17)(H,16,18). The van der Waals surface area contributed by atoms with Crippen LogP contribution in [0.2, 0.25) is 5.02 Å². The van der Waals surface area contributed by atoms with E-state index in [0.717, 1.165) is 6.42 Å². The number of halogens is 1. The molecule has 0 bridgehead atoms. The van der Waals surface area contributed by atoms with E-state index in [1.165, 1.54) is 12.3 Å². The van der Waals surface area contributed by atoms with Crippen molar-refractivity contribution in [3.05, 3.63) is 22.8 Å². The van der Waals surface area contributed by atoms with E-state index >= 15 is 0 Å². The van der Waals surface area contributed by atoms with Gasteiger partial charge in [0.15, 0.2) is 0 Å². The lowest BCUT2D eigenvalue weighted by Crippen LogP contribution is -2.38. The van der Waals surface area contributed by atoms with Gasteiger partial charge in [0.05, 0.1) is 5.56 Å². The molecular weight excluding hydrogens is 252 g/mol. The lowest BCUT2D eigenvalue weighted by atomic mass is 10.2. The first-order valence-corrected chi connectivity index (χ1v) is 6.06. The van der Waals surface area contributed by atoms with Gasteiger partial charge in [-0.15, -0.1) is 0 Å². The third kappa shape index (κ3) is 3.60. The van der Waals surface area contributed by atoms with E-state index < -0.39 is 6.04 Å². The molecule has 0 aliphatic rings. The van der Waals surface area contributed by atoms with Crippen LogP contribution in [0, 0.1) is 11.3 Å². The minimum Gasteiger partial charge on any atom is -0.357 e. The van der Waals surface area contributed by atoms with E-state index in [0.29, 0.717) is 17.9 Å². The summed E-state index contributed by atoms with van der Waals surface area (Å²) in [7, 11) is 0. The van der Waals surface area contributed by atoms with Gasteiger partial charge in [-0.05, 0) is 19.4 Å². The molecule has 96 valence electrons. The molecule has 1 amide bonds. The molecule has 1 unspecified atom stereocenters. The SMILES string of the molecule is CCCNC(=O)C(C)Nc1nccc(C#N)c1Cl. The highest BCUT2D eigenvalue weighted by Crippen LogP contribution is 2.23. The number of hydrogen-bond acceptors (Lipinski definition) is 4. The molecule has 1 aromatic heterocycles. The van der Waals surface area contributed by atoms with Crippen molar-refractivity contribution in [3.8, 4) is 6.07 Å². The molecule has 6 heteroatoms. The van der Waals surface area contributed by atoms with Gasteiger partial charge in [0.1, 0.15) is 23.0 Å². The van der Waals surface area contributed by atoms with Gasteiger partial charge in [0.25, 0.3) is 0 Å². The summed E-state index contributed by atoms with van der Waals surface area (Å²) in [5.41, 5.74) is 0.329. The number of nitriles is 1. The Morgan fingerprint density at radius 3 is 3.00 bits per heavy atom. The number of pyridine rings is 1. The Hall–Kier alpha value is -1.80. The zero-order valence-electron chi connectivity index (χ0n) is 10.3. The normalized spacial score (nSPS) is 11.4. The molecular formula is C12H15ClN4O. The van der Waals surface area contributed by atoms with Crippen LogP contribution in [0.25, 0.3) is 0 Å². The number of nitrogens with zero attached hydrogens (tertiary/aromatic N) is 2. The first-order valence-electron chi connectivity index (χ1n) is 5.69. The Bertz CT molecular complexity index is 470. The van der Waals surface area contributed by atoms with Crippen molar-refractivity contribution in [3.63, 3.8) is 0 Å². The highest BCUT2D eigenvalue weighted by molar-refractivity contribution is 6.34. The smallest absolute Gasteiger partial charge is 0.242 e. The highest BCUT2D eigenvalue weighted by Gasteiger charge is 2.15. The van der Waals surface area contributed by atoms with Crippen molar-refractivity contribution < 1.29 is 4.79 Å². The van der Waals surface area contributed by atoms with Gasteiger partial charge in [0.2, 0.25) is 5.91 Å². The fourth-order valence-corrected chi connectivity index (χ4v) is 1.51. The maximum absolute atomic E-state index is 11.7. The molecule has 2 N–H and O–H groups in total. The number of rotatable bonds is 5. The average Bonchev–Trinajstić information content (AvgIpc) is 2.38. The zero-order chi connectivity index (χ0) is 13.5. The van der Waals surface area contributed by atoms with E-state index in [4.69, 9.17) is 16.9 Å². The third-order valence-electron chi connectivity index (χ3n) is 2.31. The molecule has 5 nitrogen and oxygen atoms in total. The van der Waals surface area contributed by atoms with Crippen molar-refractivity contribution in [1.29, 1.82) is 5.26 Å². The van der Waals surface area contributed by atoms with E-state index in [1.54, 1.807) is 6.92 Å². The second-order valence-electron chi connectivity index (χ2n) is 3.79. The Labute approximate surface area is 111 Å². The Kier molecular flexibility index (Phi) is 5.40. The summed E-state index contributed by atoms with van der Waals surface area (Å²) >= 11 is 5.98. The minimum atomic E-state index is -0.463. The Balaban J connectivity index is 2.73. The monoisotopic (exact) mass is 266 g/mol. The van der Waals surface area contributed by atoms with Gasteiger partial charge >= 0.3 is 0 Å². The van der Waals surface area contributed by atoms with Crippen LogP contribution < -0.4 is 10.6 Å². The number of carbonyl (C=O) groups excluding carboxylic acids is 1. The molecule has 0 aliphatic carbocycles. The summed E-state index contributed by atoms with van der Waals surface area (Å²) in [6.45, 7) is 4.32.